The number of fused-ring (bicyclic) bond motifs is 3. The Balaban J connectivity index is 1.61. The SMILES string of the molecule is C[C@@H](Sc1nnc2ccc3ccccc3n12)C(=O)Nc1cc(Cl)ccc1Cl. The lowest BCUT2D eigenvalue weighted by atomic mass is 10.2. The van der Waals surface area contributed by atoms with Crippen molar-refractivity contribution in [1.29, 1.82) is 0 Å². The zero-order chi connectivity index (χ0) is 19.0. The summed E-state index contributed by atoms with van der Waals surface area (Å²) in [5.41, 5.74) is 2.22. The van der Waals surface area contributed by atoms with Gasteiger partial charge in [0.1, 0.15) is 0 Å². The van der Waals surface area contributed by atoms with E-state index < -0.39 is 5.25 Å². The van der Waals surface area contributed by atoms with Crippen molar-refractivity contribution in [3.63, 3.8) is 0 Å². The molecule has 0 saturated carbocycles. The minimum atomic E-state index is -0.411. The summed E-state index contributed by atoms with van der Waals surface area (Å²) in [6, 6.07) is 16.8. The van der Waals surface area contributed by atoms with Crippen molar-refractivity contribution in [2.24, 2.45) is 0 Å². The number of carbonyl (C=O) groups excluding carboxylic acids is 1. The number of nitrogens with one attached hydrogen (secondary N) is 1. The number of rotatable bonds is 4. The minimum Gasteiger partial charge on any atom is -0.324 e. The lowest BCUT2D eigenvalue weighted by molar-refractivity contribution is -0.115. The number of benzene rings is 2. The number of thioether (sulfide) groups is 1. The molecule has 0 unspecified atom stereocenters. The molecule has 8 heteroatoms. The molecule has 1 atom stereocenters. The van der Waals surface area contributed by atoms with Gasteiger partial charge < -0.3 is 5.32 Å². The average molecular weight is 417 g/mol. The number of hydrogen-bond donors (Lipinski definition) is 1. The fraction of sp³-hybridized carbons (Fsp3) is 0.105. The van der Waals surface area contributed by atoms with Crippen molar-refractivity contribution in [1.82, 2.24) is 14.6 Å². The van der Waals surface area contributed by atoms with Crippen LogP contribution in [-0.2, 0) is 4.79 Å². The van der Waals surface area contributed by atoms with Crippen LogP contribution in [0, 0.1) is 0 Å². The molecule has 4 aromatic rings. The van der Waals surface area contributed by atoms with Crippen LogP contribution in [0.1, 0.15) is 6.92 Å². The smallest absolute Gasteiger partial charge is 0.237 e. The van der Waals surface area contributed by atoms with Gasteiger partial charge in [0.2, 0.25) is 5.91 Å². The summed E-state index contributed by atoms with van der Waals surface area (Å²) < 4.78 is 1.95. The third-order valence-electron chi connectivity index (χ3n) is 4.09. The lowest BCUT2D eigenvalue weighted by Gasteiger charge is -2.13. The monoisotopic (exact) mass is 416 g/mol. The standard InChI is InChI=1S/C19H14Cl2N4OS/c1-11(18(26)22-15-10-13(20)7-8-14(15)21)27-19-24-23-17-9-6-12-4-2-3-5-16(12)25(17)19/h2-11H,1H3,(H,22,26)/t11-/m1/s1. The van der Waals surface area contributed by atoms with Gasteiger partial charge in [0.05, 0.1) is 21.5 Å². The van der Waals surface area contributed by atoms with Crippen molar-refractivity contribution in [3.05, 3.63) is 64.6 Å². The number of halogens is 2. The van der Waals surface area contributed by atoms with Gasteiger partial charge in [-0.2, -0.15) is 0 Å². The Labute approximate surface area is 169 Å². The van der Waals surface area contributed by atoms with Crippen LogP contribution in [0.15, 0.2) is 59.8 Å². The second kappa shape index (κ2) is 7.38. The fourth-order valence-electron chi connectivity index (χ4n) is 2.73. The topological polar surface area (TPSA) is 59.3 Å². The average Bonchev–Trinajstić information content (AvgIpc) is 3.08. The summed E-state index contributed by atoms with van der Waals surface area (Å²) >= 11 is 13.4. The van der Waals surface area contributed by atoms with Gasteiger partial charge in [-0.1, -0.05) is 53.2 Å². The van der Waals surface area contributed by atoms with Gasteiger partial charge in [-0.15, -0.1) is 10.2 Å². The van der Waals surface area contributed by atoms with E-state index in [-0.39, 0.29) is 5.91 Å². The van der Waals surface area contributed by atoms with Crippen molar-refractivity contribution >= 4 is 63.1 Å². The number of anilines is 1. The predicted molar refractivity (Wildman–Crippen MR) is 111 cm³/mol. The number of pyridine rings is 1. The Morgan fingerprint density at radius 1 is 1.11 bits per heavy atom. The first kappa shape index (κ1) is 18.1. The molecule has 0 saturated heterocycles. The van der Waals surface area contributed by atoms with Gasteiger partial charge in [-0.05, 0) is 48.7 Å². The van der Waals surface area contributed by atoms with Crippen LogP contribution in [0.2, 0.25) is 10.0 Å². The molecule has 2 heterocycles. The summed E-state index contributed by atoms with van der Waals surface area (Å²) in [4.78, 5) is 12.6. The van der Waals surface area contributed by atoms with Crippen LogP contribution in [0.3, 0.4) is 0 Å². The highest BCUT2D eigenvalue weighted by Crippen LogP contribution is 2.29. The minimum absolute atomic E-state index is 0.193. The van der Waals surface area contributed by atoms with Crippen LogP contribution in [0.5, 0.6) is 0 Å². The predicted octanol–water partition coefficient (Wildman–Crippen LogP) is 5.31. The Kier molecular flexibility index (Phi) is 4.95. The number of aromatic nitrogens is 3. The molecule has 1 amide bonds. The van der Waals surface area contributed by atoms with Gasteiger partial charge in [0, 0.05) is 5.02 Å². The number of para-hydroxylation sites is 1. The largest absolute Gasteiger partial charge is 0.324 e. The molecular weight excluding hydrogens is 403 g/mol. The van der Waals surface area contributed by atoms with Crippen molar-refractivity contribution < 1.29 is 4.79 Å². The van der Waals surface area contributed by atoms with E-state index in [1.54, 1.807) is 18.2 Å². The highest BCUT2D eigenvalue weighted by atomic mass is 35.5. The maximum absolute atomic E-state index is 12.6. The third kappa shape index (κ3) is 3.60. The summed E-state index contributed by atoms with van der Waals surface area (Å²) in [7, 11) is 0. The van der Waals surface area contributed by atoms with Crippen LogP contribution in [-0.4, -0.2) is 25.8 Å². The van der Waals surface area contributed by atoms with Gasteiger partial charge in [-0.3, -0.25) is 9.20 Å². The Hall–Kier alpha value is -2.28. The number of nitrogens with zero attached hydrogens (tertiary/aromatic N) is 3. The first-order valence-electron chi connectivity index (χ1n) is 8.18. The fourth-order valence-corrected chi connectivity index (χ4v) is 3.93. The summed E-state index contributed by atoms with van der Waals surface area (Å²) in [5, 5.41) is 13.5. The van der Waals surface area contributed by atoms with E-state index in [1.165, 1.54) is 11.8 Å². The van der Waals surface area contributed by atoms with Crippen LogP contribution >= 0.6 is 35.0 Å². The van der Waals surface area contributed by atoms with Gasteiger partial charge in [0.15, 0.2) is 10.8 Å². The quantitative estimate of drug-likeness (QED) is 0.458. The molecule has 0 spiro atoms. The maximum atomic E-state index is 12.6. The molecule has 5 nitrogen and oxygen atoms in total. The Morgan fingerprint density at radius 3 is 2.78 bits per heavy atom. The molecule has 27 heavy (non-hydrogen) atoms. The maximum Gasteiger partial charge on any atom is 0.237 e. The highest BCUT2D eigenvalue weighted by Gasteiger charge is 2.20. The van der Waals surface area contributed by atoms with Crippen LogP contribution in [0.4, 0.5) is 5.69 Å². The molecule has 0 aliphatic heterocycles. The zero-order valence-corrected chi connectivity index (χ0v) is 16.5. The molecule has 0 bridgehead atoms. The molecular formula is C19H14Cl2N4OS. The van der Waals surface area contributed by atoms with E-state index in [2.05, 4.69) is 15.5 Å². The van der Waals surface area contributed by atoms with Crippen LogP contribution < -0.4 is 5.32 Å². The van der Waals surface area contributed by atoms with Crippen molar-refractivity contribution in [2.45, 2.75) is 17.3 Å². The van der Waals surface area contributed by atoms with E-state index in [0.717, 1.165) is 16.6 Å². The van der Waals surface area contributed by atoms with Crippen LogP contribution in [0.25, 0.3) is 16.6 Å². The number of hydrogen-bond acceptors (Lipinski definition) is 4. The first-order valence-corrected chi connectivity index (χ1v) is 9.82. The van der Waals surface area contributed by atoms with E-state index in [9.17, 15) is 4.79 Å². The second-order valence-corrected chi connectivity index (χ2v) is 8.09. The molecule has 2 aromatic heterocycles. The first-order chi connectivity index (χ1) is 13.0. The summed E-state index contributed by atoms with van der Waals surface area (Å²) in [6.45, 7) is 1.81. The second-order valence-electron chi connectivity index (χ2n) is 5.94. The molecule has 136 valence electrons. The number of amides is 1. The van der Waals surface area contributed by atoms with E-state index in [0.29, 0.717) is 20.9 Å². The van der Waals surface area contributed by atoms with Crippen molar-refractivity contribution in [2.75, 3.05) is 5.32 Å². The molecule has 1 N–H and O–H groups in total. The van der Waals surface area contributed by atoms with Crippen molar-refractivity contribution in [3.8, 4) is 0 Å². The molecule has 0 aliphatic carbocycles. The zero-order valence-electron chi connectivity index (χ0n) is 14.2. The third-order valence-corrected chi connectivity index (χ3v) is 5.69. The van der Waals surface area contributed by atoms with Gasteiger partial charge in [0.25, 0.3) is 0 Å². The Morgan fingerprint density at radius 2 is 1.93 bits per heavy atom. The molecule has 4 rings (SSSR count). The van der Waals surface area contributed by atoms with Gasteiger partial charge in [-0.25, -0.2) is 0 Å². The summed E-state index contributed by atoms with van der Waals surface area (Å²) in [5.74, 6) is -0.193. The summed E-state index contributed by atoms with van der Waals surface area (Å²) in [6.07, 6.45) is 0. The molecule has 0 radical (unpaired) electrons. The molecule has 0 fully saturated rings. The molecule has 0 aliphatic rings. The van der Waals surface area contributed by atoms with E-state index >= 15 is 0 Å². The normalized spacial score (nSPS) is 12.4. The highest BCUT2D eigenvalue weighted by molar-refractivity contribution is 8.00. The lowest BCUT2D eigenvalue weighted by Crippen LogP contribution is -2.22. The van der Waals surface area contributed by atoms with Gasteiger partial charge >= 0.3 is 0 Å². The van der Waals surface area contributed by atoms with E-state index in [1.807, 2.05) is 47.7 Å². The van der Waals surface area contributed by atoms with E-state index in [4.69, 9.17) is 23.2 Å². The number of carbonyl (C=O) groups is 1. The Bertz CT molecular complexity index is 1160. The molecule has 2 aromatic carbocycles.